The van der Waals surface area contributed by atoms with Gasteiger partial charge < -0.3 is 15.2 Å². The molecule has 1 heterocycles. The Kier molecular flexibility index (Phi) is 13.0. The first kappa shape index (κ1) is 32.0. The van der Waals surface area contributed by atoms with E-state index in [2.05, 4.69) is 28.9 Å². The third-order valence-corrected chi connectivity index (χ3v) is 7.27. The van der Waals surface area contributed by atoms with Crippen LogP contribution < -0.4 is 0 Å². The molecule has 2 atom stereocenters. The number of likely N-dealkylation sites (tertiary alicyclic amines) is 1. The zero-order chi connectivity index (χ0) is 28.2. The van der Waals surface area contributed by atoms with E-state index < -0.39 is 12.0 Å². The van der Waals surface area contributed by atoms with Gasteiger partial charge >= 0.3 is 5.97 Å². The van der Waals surface area contributed by atoms with Crippen LogP contribution in [0.2, 0.25) is 0 Å². The average molecular weight is 595 g/mol. The monoisotopic (exact) mass is 594 g/mol. The largest absolute Gasteiger partial charge is 0.625 e. The number of nitrogens with zero attached hydrogens (tertiary/aromatic N) is 3. The van der Waals surface area contributed by atoms with Crippen molar-refractivity contribution in [2.75, 3.05) is 6.54 Å². The van der Waals surface area contributed by atoms with Crippen LogP contribution in [0.4, 0.5) is 5.69 Å². The van der Waals surface area contributed by atoms with Crippen molar-refractivity contribution in [2.45, 2.75) is 63.6 Å². The molecule has 3 aromatic carbocycles. The third kappa shape index (κ3) is 9.24. The minimum atomic E-state index is -0.954. The summed E-state index contributed by atoms with van der Waals surface area (Å²) in [5.74, 6) is -1.13. The topological polar surface area (TPSA) is 84.1 Å². The fraction of sp³-hybridized carbons (Fsp3) is 0.324. The SMILES string of the molecule is C=CCCCCC[C@H](N=C(c1ccccc1)c1ccccc1[N-]C(=O)C1CCCN1Cc1ccccc1)C(=O)O.[Ni]. The van der Waals surface area contributed by atoms with Gasteiger partial charge in [-0.3, -0.25) is 9.89 Å². The molecular weight excluding hydrogens is 557 g/mol. The number of hydrogen-bond acceptors (Lipinski definition) is 4. The number of carboxylic acid groups (broad SMARTS) is 1. The number of amides is 1. The second-order valence-electron chi connectivity index (χ2n) is 10.2. The Morgan fingerprint density at radius 3 is 2.37 bits per heavy atom. The molecule has 1 saturated heterocycles. The van der Waals surface area contributed by atoms with E-state index in [0.717, 1.165) is 50.6 Å². The van der Waals surface area contributed by atoms with Crippen molar-refractivity contribution in [1.29, 1.82) is 0 Å². The maximum absolute atomic E-state index is 13.5. The maximum Gasteiger partial charge on any atom is 0.328 e. The van der Waals surface area contributed by atoms with E-state index in [0.29, 0.717) is 29.9 Å². The third-order valence-electron chi connectivity index (χ3n) is 7.27. The molecule has 0 saturated carbocycles. The molecule has 1 amide bonds. The molecule has 0 bridgehead atoms. The van der Waals surface area contributed by atoms with Crippen LogP contribution in [0.15, 0.2) is 103 Å². The van der Waals surface area contributed by atoms with Crippen LogP contribution in [0.3, 0.4) is 0 Å². The molecule has 41 heavy (non-hydrogen) atoms. The standard InChI is InChI=1S/C34H39N3O3.Ni/c1-2-3-4-5-12-22-30(34(39)40)35-32(27-18-10-7-11-19-27)28-20-13-14-21-29(28)36-33(38)31-23-15-24-37(31)25-26-16-8-6-9-17-26;/h2,6-11,13-14,16-21,30-31H,1,3-5,12,15,22-25H2,(H2,35,36,38,39,40);/p-1/t30-,31?;/m0./s1. The normalized spacial score (nSPS) is 16.0. The van der Waals surface area contributed by atoms with Gasteiger partial charge in [-0.1, -0.05) is 104 Å². The summed E-state index contributed by atoms with van der Waals surface area (Å²) in [6, 6.07) is 26.0. The first-order valence-electron chi connectivity index (χ1n) is 14.2. The van der Waals surface area contributed by atoms with Crippen LogP contribution in [0, 0.1) is 0 Å². The Morgan fingerprint density at radius 2 is 1.66 bits per heavy atom. The zero-order valence-electron chi connectivity index (χ0n) is 23.3. The van der Waals surface area contributed by atoms with Gasteiger partial charge in [-0.05, 0) is 49.8 Å². The number of aliphatic imine (C=N–C) groups is 1. The smallest absolute Gasteiger partial charge is 0.328 e. The predicted octanol–water partition coefficient (Wildman–Crippen LogP) is 7.31. The van der Waals surface area contributed by atoms with Gasteiger partial charge in [-0.15, -0.1) is 12.3 Å². The molecule has 218 valence electrons. The van der Waals surface area contributed by atoms with E-state index >= 15 is 0 Å². The van der Waals surface area contributed by atoms with E-state index in [1.165, 1.54) is 5.56 Å². The second kappa shape index (κ2) is 16.7. The second-order valence-corrected chi connectivity index (χ2v) is 10.2. The summed E-state index contributed by atoms with van der Waals surface area (Å²) in [6.45, 7) is 5.31. The van der Waals surface area contributed by atoms with Gasteiger partial charge in [0.2, 0.25) is 0 Å². The Morgan fingerprint density at radius 1 is 0.976 bits per heavy atom. The van der Waals surface area contributed by atoms with Gasteiger partial charge in [0.15, 0.2) is 0 Å². The van der Waals surface area contributed by atoms with E-state index in [4.69, 9.17) is 4.99 Å². The van der Waals surface area contributed by atoms with Crippen LogP contribution in [0.5, 0.6) is 0 Å². The fourth-order valence-electron chi connectivity index (χ4n) is 5.18. The van der Waals surface area contributed by atoms with Gasteiger partial charge in [0.1, 0.15) is 6.04 Å². The van der Waals surface area contributed by atoms with Crippen molar-refractivity contribution in [3.8, 4) is 0 Å². The van der Waals surface area contributed by atoms with Crippen molar-refractivity contribution in [3.05, 3.63) is 120 Å². The number of rotatable bonds is 14. The number of unbranched alkanes of at least 4 members (excludes halogenated alkanes) is 3. The first-order valence-corrected chi connectivity index (χ1v) is 14.2. The van der Waals surface area contributed by atoms with E-state index in [1.807, 2.05) is 78.9 Å². The molecule has 0 aromatic heterocycles. The Hall–Kier alpha value is -3.54. The molecule has 1 N–H and O–H groups in total. The number of carbonyl (C=O) groups is 2. The molecule has 1 aliphatic heterocycles. The summed E-state index contributed by atoms with van der Waals surface area (Å²) in [4.78, 5) is 32.8. The number of carbonyl (C=O) groups excluding carboxylic acids is 1. The molecule has 0 aliphatic carbocycles. The van der Waals surface area contributed by atoms with Crippen molar-refractivity contribution in [2.24, 2.45) is 4.99 Å². The molecule has 0 radical (unpaired) electrons. The minimum absolute atomic E-state index is 0. The van der Waals surface area contributed by atoms with Gasteiger partial charge in [-0.2, -0.15) is 0 Å². The molecule has 1 aliphatic rings. The number of allylic oxidation sites excluding steroid dienone is 1. The quantitative estimate of drug-likeness (QED) is 0.0917. The molecule has 7 heteroatoms. The van der Waals surface area contributed by atoms with Gasteiger partial charge in [-0.25, -0.2) is 4.79 Å². The van der Waals surface area contributed by atoms with Gasteiger partial charge in [0.05, 0.1) is 17.7 Å². The molecule has 3 aromatic rings. The maximum atomic E-state index is 13.5. The van der Waals surface area contributed by atoms with Crippen molar-refractivity contribution >= 4 is 23.3 Å². The van der Waals surface area contributed by atoms with Gasteiger partial charge in [0, 0.05) is 28.6 Å². The van der Waals surface area contributed by atoms with Crippen LogP contribution in [-0.2, 0) is 32.6 Å². The zero-order valence-corrected chi connectivity index (χ0v) is 24.3. The summed E-state index contributed by atoms with van der Waals surface area (Å²) in [7, 11) is 0. The van der Waals surface area contributed by atoms with Crippen LogP contribution in [-0.4, -0.2) is 46.2 Å². The molecule has 4 rings (SSSR count). The van der Waals surface area contributed by atoms with Crippen molar-refractivity contribution < 1.29 is 31.2 Å². The molecule has 1 fully saturated rings. The molecule has 1 unspecified atom stereocenters. The number of benzene rings is 3. The molecule has 6 nitrogen and oxygen atoms in total. The number of hydrogen-bond donors (Lipinski definition) is 1. The summed E-state index contributed by atoms with van der Waals surface area (Å²) < 4.78 is 0. The molecular formula is C34H38N3NiO3-. The van der Waals surface area contributed by atoms with Crippen LogP contribution in [0.25, 0.3) is 5.32 Å². The number of para-hydroxylation sites is 1. The summed E-state index contributed by atoms with van der Waals surface area (Å²) in [5.41, 5.74) is 3.68. The van der Waals surface area contributed by atoms with Crippen LogP contribution >= 0.6 is 0 Å². The van der Waals surface area contributed by atoms with Crippen molar-refractivity contribution in [3.63, 3.8) is 0 Å². The minimum Gasteiger partial charge on any atom is -0.625 e. The summed E-state index contributed by atoms with van der Waals surface area (Å²) in [6.07, 6.45) is 7.63. The van der Waals surface area contributed by atoms with Crippen molar-refractivity contribution in [1.82, 2.24) is 4.90 Å². The summed E-state index contributed by atoms with van der Waals surface area (Å²) in [5, 5.41) is 14.6. The Bertz CT molecular complexity index is 1300. The van der Waals surface area contributed by atoms with Gasteiger partial charge in [0.25, 0.3) is 0 Å². The van der Waals surface area contributed by atoms with E-state index in [9.17, 15) is 14.7 Å². The fourth-order valence-corrected chi connectivity index (χ4v) is 5.18. The predicted molar refractivity (Wildman–Crippen MR) is 161 cm³/mol. The Labute approximate surface area is 253 Å². The first-order chi connectivity index (χ1) is 19.6. The Balaban J connectivity index is 0.00000462. The number of carboxylic acids is 1. The van der Waals surface area contributed by atoms with Crippen LogP contribution in [0.1, 0.15) is 61.6 Å². The molecule has 0 spiro atoms. The average Bonchev–Trinajstić information content (AvgIpc) is 3.44. The van der Waals surface area contributed by atoms with E-state index in [-0.39, 0.29) is 28.4 Å². The van der Waals surface area contributed by atoms with E-state index in [1.54, 1.807) is 0 Å². The number of aliphatic carboxylic acids is 1. The summed E-state index contributed by atoms with van der Waals surface area (Å²) >= 11 is 0.